The topological polar surface area (TPSA) is 58.2 Å². The lowest BCUT2D eigenvalue weighted by Gasteiger charge is -2.07. The molecule has 0 atom stereocenters. The van der Waals surface area contributed by atoms with E-state index in [1.165, 1.54) is 4.88 Å². The van der Waals surface area contributed by atoms with Gasteiger partial charge in [-0.1, -0.05) is 6.92 Å². The largest absolute Gasteiger partial charge is 0.380 e. The van der Waals surface area contributed by atoms with Crippen molar-refractivity contribution in [3.8, 4) is 0 Å². The monoisotopic (exact) mass is 374 g/mol. The molecule has 0 bridgehead atoms. The van der Waals surface area contributed by atoms with E-state index in [-0.39, 0.29) is 4.90 Å². The van der Waals surface area contributed by atoms with Crippen molar-refractivity contribution in [1.82, 2.24) is 4.72 Å². The van der Waals surface area contributed by atoms with Gasteiger partial charge in [-0.05, 0) is 46.3 Å². The number of rotatable bonds is 6. The van der Waals surface area contributed by atoms with Crippen LogP contribution in [-0.4, -0.2) is 15.0 Å². The summed E-state index contributed by atoms with van der Waals surface area (Å²) >= 11 is 5.08. The van der Waals surface area contributed by atoms with Gasteiger partial charge in [0.05, 0.1) is 4.90 Å². The Balaban J connectivity index is 2.01. The highest BCUT2D eigenvalue weighted by molar-refractivity contribution is 9.10. The van der Waals surface area contributed by atoms with Gasteiger partial charge >= 0.3 is 0 Å². The van der Waals surface area contributed by atoms with E-state index in [1.54, 1.807) is 42.5 Å². The number of sulfonamides is 1. The number of hydrogen-bond acceptors (Lipinski definition) is 4. The van der Waals surface area contributed by atoms with Crippen molar-refractivity contribution in [1.29, 1.82) is 0 Å². The molecule has 0 saturated carbocycles. The summed E-state index contributed by atoms with van der Waals surface area (Å²) in [4.78, 5) is 1.49. The lowest BCUT2D eigenvalue weighted by Crippen LogP contribution is -2.23. The summed E-state index contributed by atoms with van der Waals surface area (Å²) in [7, 11) is -3.37. The lowest BCUT2D eigenvalue weighted by atomic mass is 10.3. The summed E-state index contributed by atoms with van der Waals surface area (Å²) in [6.07, 6.45) is 0. The summed E-state index contributed by atoms with van der Waals surface area (Å²) in [6.45, 7) is 2.86. The lowest BCUT2D eigenvalue weighted by molar-refractivity contribution is 0.584. The second-order valence-electron chi connectivity index (χ2n) is 4.11. The summed E-state index contributed by atoms with van der Waals surface area (Å²) in [5, 5.41) is 5.29. The molecule has 0 aliphatic carbocycles. The van der Waals surface area contributed by atoms with Crippen LogP contribution in [-0.2, 0) is 16.6 Å². The highest BCUT2D eigenvalue weighted by atomic mass is 79.9. The highest BCUT2D eigenvalue weighted by Gasteiger charge is 2.11. The molecule has 0 saturated heterocycles. The first-order valence-corrected chi connectivity index (χ1v) is 9.23. The van der Waals surface area contributed by atoms with Crippen molar-refractivity contribution >= 4 is 43.0 Å². The average Bonchev–Trinajstić information content (AvgIpc) is 2.83. The van der Waals surface area contributed by atoms with Gasteiger partial charge in [-0.2, -0.15) is 0 Å². The van der Waals surface area contributed by atoms with Crippen LogP contribution in [0.25, 0.3) is 0 Å². The second-order valence-corrected chi connectivity index (χ2v) is 7.79. The van der Waals surface area contributed by atoms with Crippen molar-refractivity contribution in [2.24, 2.45) is 0 Å². The average molecular weight is 375 g/mol. The van der Waals surface area contributed by atoms with Crippen LogP contribution in [0.2, 0.25) is 0 Å². The van der Waals surface area contributed by atoms with Crippen molar-refractivity contribution in [2.75, 3.05) is 11.9 Å². The van der Waals surface area contributed by atoms with Gasteiger partial charge in [-0.3, -0.25) is 0 Å². The Bertz CT molecular complexity index is 666. The third-order valence-electron chi connectivity index (χ3n) is 2.59. The van der Waals surface area contributed by atoms with Gasteiger partial charge in [0.2, 0.25) is 10.0 Å². The molecular weight excluding hydrogens is 360 g/mol. The second kappa shape index (κ2) is 6.71. The van der Waals surface area contributed by atoms with Gasteiger partial charge < -0.3 is 5.32 Å². The van der Waals surface area contributed by atoms with E-state index < -0.39 is 10.0 Å². The van der Waals surface area contributed by atoms with E-state index in [9.17, 15) is 8.42 Å². The molecule has 0 amide bonds. The quantitative estimate of drug-likeness (QED) is 0.814. The molecule has 2 N–H and O–H groups in total. The van der Waals surface area contributed by atoms with Crippen LogP contribution in [0, 0.1) is 0 Å². The van der Waals surface area contributed by atoms with Crippen LogP contribution in [0.4, 0.5) is 5.69 Å². The van der Waals surface area contributed by atoms with Gasteiger partial charge in [-0.15, -0.1) is 11.3 Å². The molecule has 0 aliphatic heterocycles. The Hall–Kier alpha value is -0.890. The van der Waals surface area contributed by atoms with Crippen LogP contribution in [0.3, 0.4) is 0 Å². The number of benzene rings is 1. The van der Waals surface area contributed by atoms with E-state index >= 15 is 0 Å². The summed E-state index contributed by atoms with van der Waals surface area (Å²) < 4.78 is 27.1. The van der Waals surface area contributed by atoms with E-state index in [2.05, 4.69) is 32.0 Å². The molecule has 0 radical (unpaired) electrons. The zero-order valence-corrected chi connectivity index (χ0v) is 14.1. The standard InChI is InChI=1S/C13H15BrN2O2S2/c1-2-16-20(17,18)13-5-3-11(4-6-13)15-8-12-7-10(14)9-19-12/h3-7,9,15-16H,2,8H2,1H3. The van der Waals surface area contributed by atoms with Crippen molar-refractivity contribution in [3.05, 3.63) is 45.1 Å². The maximum Gasteiger partial charge on any atom is 0.240 e. The molecule has 1 aromatic heterocycles. The Labute approximate surface area is 131 Å². The molecule has 1 aromatic carbocycles. The third-order valence-corrected chi connectivity index (χ3v) is 5.85. The summed E-state index contributed by atoms with van der Waals surface area (Å²) in [6, 6.07) is 8.80. The molecule has 0 spiro atoms. The molecule has 0 aliphatic rings. The fourth-order valence-electron chi connectivity index (χ4n) is 1.66. The first kappa shape index (κ1) is 15.5. The smallest absolute Gasteiger partial charge is 0.240 e. The first-order chi connectivity index (χ1) is 9.51. The van der Waals surface area contributed by atoms with Gasteiger partial charge in [0.25, 0.3) is 0 Å². The third kappa shape index (κ3) is 4.05. The Morgan fingerprint density at radius 3 is 2.50 bits per heavy atom. The van der Waals surface area contributed by atoms with Gasteiger partial charge in [0, 0.05) is 33.5 Å². The fraction of sp³-hybridized carbons (Fsp3) is 0.231. The van der Waals surface area contributed by atoms with Gasteiger partial charge in [0.15, 0.2) is 0 Å². The van der Waals surface area contributed by atoms with Crippen molar-refractivity contribution < 1.29 is 8.42 Å². The molecule has 2 rings (SSSR count). The van der Waals surface area contributed by atoms with E-state index in [1.807, 2.05) is 5.38 Å². The normalized spacial score (nSPS) is 11.5. The summed E-state index contributed by atoms with van der Waals surface area (Å²) in [5.74, 6) is 0. The minimum atomic E-state index is -3.37. The van der Waals surface area contributed by atoms with Crippen LogP contribution < -0.4 is 10.0 Å². The Morgan fingerprint density at radius 1 is 1.25 bits per heavy atom. The predicted octanol–water partition coefficient (Wildman–Crippen LogP) is 3.42. The molecule has 4 nitrogen and oxygen atoms in total. The molecule has 0 fully saturated rings. The maximum absolute atomic E-state index is 11.8. The van der Waals surface area contributed by atoms with Crippen molar-refractivity contribution in [3.63, 3.8) is 0 Å². The van der Waals surface area contributed by atoms with E-state index in [4.69, 9.17) is 0 Å². The first-order valence-electron chi connectivity index (χ1n) is 6.08. The highest BCUT2D eigenvalue weighted by Crippen LogP contribution is 2.21. The molecular formula is C13H15BrN2O2S2. The van der Waals surface area contributed by atoms with E-state index in [0.717, 1.165) is 16.7 Å². The number of halogens is 1. The molecule has 20 heavy (non-hydrogen) atoms. The van der Waals surface area contributed by atoms with Crippen LogP contribution in [0.5, 0.6) is 0 Å². The fourth-order valence-corrected chi connectivity index (χ4v) is 4.09. The molecule has 1 heterocycles. The number of nitrogens with one attached hydrogen (secondary N) is 2. The Morgan fingerprint density at radius 2 is 1.95 bits per heavy atom. The summed E-state index contributed by atoms with van der Waals surface area (Å²) in [5.41, 5.74) is 0.893. The molecule has 7 heteroatoms. The Kier molecular flexibility index (Phi) is 5.20. The van der Waals surface area contributed by atoms with Gasteiger partial charge in [0.1, 0.15) is 0 Å². The number of thiophene rings is 1. The molecule has 2 aromatic rings. The van der Waals surface area contributed by atoms with E-state index in [0.29, 0.717) is 6.54 Å². The minimum absolute atomic E-state index is 0.281. The van der Waals surface area contributed by atoms with Crippen LogP contribution in [0.1, 0.15) is 11.8 Å². The predicted molar refractivity (Wildman–Crippen MR) is 86.7 cm³/mol. The maximum atomic E-state index is 11.8. The number of anilines is 1. The minimum Gasteiger partial charge on any atom is -0.380 e. The SMILES string of the molecule is CCNS(=O)(=O)c1ccc(NCc2cc(Br)cs2)cc1. The molecule has 108 valence electrons. The zero-order valence-electron chi connectivity index (χ0n) is 10.9. The van der Waals surface area contributed by atoms with Crippen LogP contribution >= 0.6 is 27.3 Å². The van der Waals surface area contributed by atoms with Crippen LogP contribution in [0.15, 0.2) is 45.1 Å². The zero-order chi connectivity index (χ0) is 14.6. The van der Waals surface area contributed by atoms with Gasteiger partial charge in [-0.25, -0.2) is 13.1 Å². The number of hydrogen-bond donors (Lipinski definition) is 2. The van der Waals surface area contributed by atoms with Crippen molar-refractivity contribution in [2.45, 2.75) is 18.4 Å². The molecule has 0 unspecified atom stereocenters.